The van der Waals surface area contributed by atoms with Crippen LogP contribution in [0.4, 0.5) is 0 Å². The van der Waals surface area contributed by atoms with E-state index in [2.05, 4.69) is 10.5 Å². The summed E-state index contributed by atoms with van der Waals surface area (Å²) in [5.41, 5.74) is 8.87. The lowest BCUT2D eigenvalue weighted by atomic mass is 10.1. The molecule has 0 aliphatic heterocycles. The summed E-state index contributed by atoms with van der Waals surface area (Å²) >= 11 is 5.95. The van der Waals surface area contributed by atoms with Gasteiger partial charge in [-0.2, -0.15) is 5.10 Å². The lowest BCUT2D eigenvalue weighted by Gasteiger charge is -2.03. The molecule has 0 heterocycles. The van der Waals surface area contributed by atoms with Crippen molar-refractivity contribution in [3.05, 3.63) is 34.9 Å². The molecule has 0 fully saturated rings. The summed E-state index contributed by atoms with van der Waals surface area (Å²) in [6, 6.07) is 7.28. The molecule has 0 bridgehead atoms. The van der Waals surface area contributed by atoms with Crippen molar-refractivity contribution in [3.63, 3.8) is 0 Å². The zero-order valence-electron chi connectivity index (χ0n) is 8.74. The zero-order valence-corrected chi connectivity index (χ0v) is 10.3. The lowest BCUT2D eigenvalue weighted by Crippen LogP contribution is -2.27. The van der Waals surface area contributed by atoms with Crippen molar-refractivity contribution >= 4 is 35.6 Å². The molecule has 0 saturated carbocycles. The van der Waals surface area contributed by atoms with Gasteiger partial charge in [0.15, 0.2) is 0 Å². The number of hydrogen-bond donors (Lipinski definition) is 2. The van der Waals surface area contributed by atoms with E-state index in [0.29, 0.717) is 10.7 Å². The Morgan fingerprint density at radius 1 is 1.50 bits per heavy atom. The van der Waals surface area contributed by atoms with E-state index in [0.717, 1.165) is 5.56 Å². The third kappa shape index (κ3) is 4.18. The number of hydrogen-bond acceptors (Lipinski definition) is 3. The van der Waals surface area contributed by atoms with Crippen LogP contribution in [-0.2, 0) is 4.79 Å². The molecule has 0 unspecified atom stereocenters. The van der Waals surface area contributed by atoms with E-state index in [1.54, 1.807) is 13.0 Å². The van der Waals surface area contributed by atoms with Gasteiger partial charge in [-0.25, -0.2) is 5.43 Å². The number of carbonyl (C=O) groups is 1. The number of nitrogens with two attached hydrogens (primary N) is 1. The predicted molar refractivity (Wildman–Crippen MR) is 68.1 cm³/mol. The summed E-state index contributed by atoms with van der Waals surface area (Å²) in [5.74, 6) is -0.332. The van der Waals surface area contributed by atoms with Gasteiger partial charge in [-0.05, 0) is 13.0 Å². The van der Waals surface area contributed by atoms with Gasteiger partial charge < -0.3 is 5.73 Å². The number of amides is 1. The van der Waals surface area contributed by atoms with Crippen LogP contribution in [-0.4, -0.2) is 18.2 Å². The second-order valence-electron chi connectivity index (χ2n) is 2.92. The SMILES string of the molecule is C/C(=N\NC(=O)CN)c1ccccc1Cl.Cl. The summed E-state index contributed by atoms with van der Waals surface area (Å²) in [5, 5.41) is 4.48. The van der Waals surface area contributed by atoms with Crippen molar-refractivity contribution in [2.24, 2.45) is 10.8 Å². The monoisotopic (exact) mass is 261 g/mol. The Hall–Kier alpha value is -1.10. The van der Waals surface area contributed by atoms with E-state index < -0.39 is 0 Å². The maximum atomic E-state index is 10.9. The number of halogens is 2. The second kappa shape index (κ2) is 7.22. The van der Waals surface area contributed by atoms with Gasteiger partial charge in [0.1, 0.15) is 0 Å². The number of nitrogens with zero attached hydrogens (tertiary/aromatic N) is 1. The molecular weight excluding hydrogens is 249 g/mol. The molecule has 0 aromatic heterocycles. The molecule has 1 aromatic carbocycles. The molecule has 1 amide bonds. The molecule has 1 rings (SSSR count). The molecule has 0 saturated heterocycles. The number of hydrazone groups is 1. The van der Waals surface area contributed by atoms with E-state index in [1.165, 1.54) is 0 Å². The molecule has 0 atom stereocenters. The van der Waals surface area contributed by atoms with E-state index in [4.69, 9.17) is 17.3 Å². The molecule has 6 heteroatoms. The van der Waals surface area contributed by atoms with Gasteiger partial charge >= 0.3 is 0 Å². The first-order valence-electron chi connectivity index (χ1n) is 4.43. The Balaban J connectivity index is 0.00000225. The fraction of sp³-hybridized carbons (Fsp3) is 0.200. The molecule has 16 heavy (non-hydrogen) atoms. The first-order chi connectivity index (χ1) is 7.15. The van der Waals surface area contributed by atoms with Crippen LogP contribution in [0.1, 0.15) is 12.5 Å². The zero-order chi connectivity index (χ0) is 11.3. The van der Waals surface area contributed by atoms with Crippen molar-refractivity contribution in [2.45, 2.75) is 6.92 Å². The van der Waals surface area contributed by atoms with Crippen molar-refractivity contribution in [1.29, 1.82) is 0 Å². The molecule has 3 N–H and O–H groups in total. The Kier molecular flexibility index (Phi) is 6.72. The smallest absolute Gasteiger partial charge is 0.253 e. The van der Waals surface area contributed by atoms with Crippen LogP contribution < -0.4 is 11.2 Å². The molecule has 0 aliphatic carbocycles. The third-order valence-corrected chi connectivity index (χ3v) is 2.13. The van der Waals surface area contributed by atoms with Crippen LogP contribution in [0, 0.1) is 0 Å². The van der Waals surface area contributed by atoms with Gasteiger partial charge in [-0.15, -0.1) is 12.4 Å². The summed E-state index contributed by atoms with van der Waals surface area (Å²) in [7, 11) is 0. The van der Waals surface area contributed by atoms with Crippen LogP contribution >= 0.6 is 24.0 Å². The first-order valence-corrected chi connectivity index (χ1v) is 4.81. The van der Waals surface area contributed by atoms with Crippen molar-refractivity contribution in [1.82, 2.24) is 5.43 Å². The van der Waals surface area contributed by atoms with Gasteiger partial charge in [0.05, 0.1) is 12.3 Å². The number of benzene rings is 1. The summed E-state index contributed by atoms with van der Waals surface area (Å²) in [6.07, 6.45) is 0. The molecule has 4 nitrogen and oxygen atoms in total. The maximum Gasteiger partial charge on any atom is 0.253 e. The average molecular weight is 262 g/mol. The third-order valence-electron chi connectivity index (χ3n) is 1.80. The predicted octanol–water partition coefficient (Wildman–Crippen LogP) is 1.56. The Bertz CT molecular complexity index is 393. The Labute approximate surface area is 105 Å². The van der Waals surface area contributed by atoms with Crippen LogP contribution in [0.2, 0.25) is 5.02 Å². The fourth-order valence-electron chi connectivity index (χ4n) is 1.01. The Morgan fingerprint density at radius 3 is 2.69 bits per heavy atom. The van der Waals surface area contributed by atoms with Crippen LogP contribution in [0.5, 0.6) is 0 Å². The number of nitrogens with one attached hydrogen (secondary N) is 1. The van der Waals surface area contributed by atoms with Gasteiger partial charge in [0.25, 0.3) is 5.91 Å². The largest absolute Gasteiger partial charge is 0.322 e. The van der Waals surface area contributed by atoms with Crippen molar-refractivity contribution in [2.75, 3.05) is 6.54 Å². The second-order valence-corrected chi connectivity index (χ2v) is 3.32. The number of carbonyl (C=O) groups excluding carboxylic acids is 1. The van der Waals surface area contributed by atoms with Crippen LogP contribution in [0.15, 0.2) is 29.4 Å². The van der Waals surface area contributed by atoms with Gasteiger partial charge in [-0.1, -0.05) is 29.8 Å². The highest BCUT2D eigenvalue weighted by atomic mass is 35.5. The van der Waals surface area contributed by atoms with E-state index in [-0.39, 0.29) is 24.9 Å². The highest BCUT2D eigenvalue weighted by Gasteiger charge is 2.02. The van der Waals surface area contributed by atoms with Gasteiger partial charge in [0, 0.05) is 10.6 Å². The van der Waals surface area contributed by atoms with Crippen molar-refractivity contribution < 1.29 is 4.79 Å². The van der Waals surface area contributed by atoms with Gasteiger partial charge in [-0.3, -0.25) is 4.79 Å². The average Bonchev–Trinajstić information content (AvgIpc) is 2.26. The number of rotatable bonds is 3. The molecule has 0 spiro atoms. The lowest BCUT2D eigenvalue weighted by molar-refractivity contribution is -0.119. The minimum Gasteiger partial charge on any atom is -0.322 e. The van der Waals surface area contributed by atoms with Crippen LogP contribution in [0.25, 0.3) is 0 Å². The first kappa shape index (κ1) is 14.9. The maximum absolute atomic E-state index is 10.9. The van der Waals surface area contributed by atoms with E-state index >= 15 is 0 Å². The highest BCUT2D eigenvalue weighted by molar-refractivity contribution is 6.34. The molecule has 0 radical (unpaired) electrons. The fourth-order valence-corrected chi connectivity index (χ4v) is 1.28. The minimum atomic E-state index is -0.332. The standard InChI is InChI=1S/C10H12ClN3O.ClH/c1-7(13-14-10(15)6-12)8-4-2-3-5-9(8)11;/h2-5H,6,12H2,1H3,(H,14,15);1H/b13-7+;. The molecule has 1 aromatic rings. The topological polar surface area (TPSA) is 67.5 Å². The van der Waals surface area contributed by atoms with E-state index in [9.17, 15) is 4.79 Å². The highest BCUT2D eigenvalue weighted by Crippen LogP contribution is 2.15. The van der Waals surface area contributed by atoms with Crippen LogP contribution in [0.3, 0.4) is 0 Å². The quantitative estimate of drug-likeness (QED) is 0.641. The van der Waals surface area contributed by atoms with E-state index in [1.807, 2.05) is 18.2 Å². The van der Waals surface area contributed by atoms with Crippen molar-refractivity contribution in [3.8, 4) is 0 Å². The Morgan fingerprint density at radius 2 is 2.12 bits per heavy atom. The summed E-state index contributed by atoms with van der Waals surface area (Å²) in [4.78, 5) is 10.9. The normalized spacial score (nSPS) is 10.6. The summed E-state index contributed by atoms with van der Waals surface area (Å²) in [6.45, 7) is 1.68. The molecule has 0 aliphatic rings. The molecule has 88 valence electrons. The van der Waals surface area contributed by atoms with Gasteiger partial charge in [0.2, 0.25) is 0 Å². The summed E-state index contributed by atoms with van der Waals surface area (Å²) < 4.78 is 0. The molecular formula is C10H13Cl2N3O. The minimum absolute atomic E-state index is 0.